The van der Waals surface area contributed by atoms with Crippen molar-refractivity contribution in [2.45, 2.75) is 0 Å². The number of rotatable bonds is 1. The zero-order valence-corrected chi connectivity index (χ0v) is 8.86. The number of nitrogens with zero attached hydrogens (tertiary/aromatic N) is 1. The molecule has 0 spiro atoms. The fraction of sp³-hybridized carbons (Fsp3) is 0.100. The Kier molecular flexibility index (Phi) is 2.48. The Morgan fingerprint density at radius 2 is 2.14 bits per heavy atom. The molecule has 0 saturated carbocycles. The van der Waals surface area contributed by atoms with E-state index in [-0.39, 0.29) is 0 Å². The Bertz CT molecular complexity index is 485. The molecule has 1 heterocycles. The van der Waals surface area contributed by atoms with Gasteiger partial charge < -0.3 is 4.74 Å². The first-order chi connectivity index (χ1) is 6.70. The third-order valence-electron chi connectivity index (χ3n) is 1.83. The Hall–Kier alpha value is -0.990. The molecule has 0 amide bonds. The third-order valence-corrected chi connectivity index (χ3v) is 2.36. The van der Waals surface area contributed by atoms with Crippen molar-refractivity contribution in [2.75, 3.05) is 7.11 Å². The standard InChI is InChI=1S/C10H6Cl2NO/c1-14-10-3-2-7-8(12)4-6(11)5-9(7)13-10/h2,4-5H,1H3. The normalized spacial score (nSPS) is 10.5. The maximum Gasteiger partial charge on any atom is 0.221 e. The number of methoxy groups -OCH3 is 1. The van der Waals surface area contributed by atoms with Crippen LogP contribution in [0.4, 0.5) is 0 Å². The van der Waals surface area contributed by atoms with E-state index in [0.29, 0.717) is 21.4 Å². The molecule has 1 aromatic heterocycles. The van der Waals surface area contributed by atoms with Gasteiger partial charge in [-0.05, 0) is 18.2 Å². The Morgan fingerprint density at radius 1 is 1.36 bits per heavy atom. The lowest BCUT2D eigenvalue weighted by atomic mass is 10.2. The lowest BCUT2D eigenvalue weighted by Gasteiger charge is -2.02. The summed E-state index contributed by atoms with van der Waals surface area (Å²) in [7, 11) is 1.54. The van der Waals surface area contributed by atoms with Crippen LogP contribution in [0.2, 0.25) is 10.0 Å². The maximum atomic E-state index is 5.97. The van der Waals surface area contributed by atoms with Crippen molar-refractivity contribution in [3.8, 4) is 5.88 Å². The van der Waals surface area contributed by atoms with Crippen LogP contribution < -0.4 is 4.74 Å². The summed E-state index contributed by atoms with van der Waals surface area (Å²) in [5, 5.41) is 1.94. The predicted octanol–water partition coefficient (Wildman–Crippen LogP) is 3.35. The molecule has 2 nitrogen and oxygen atoms in total. The summed E-state index contributed by atoms with van der Waals surface area (Å²) in [4.78, 5) is 4.17. The van der Waals surface area contributed by atoms with Crippen LogP contribution in [0.15, 0.2) is 18.2 Å². The van der Waals surface area contributed by atoms with Crippen molar-refractivity contribution in [3.63, 3.8) is 0 Å². The number of halogens is 2. The highest BCUT2D eigenvalue weighted by molar-refractivity contribution is 6.38. The molecular formula is C10H6Cl2NO. The highest BCUT2D eigenvalue weighted by atomic mass is 35.5. The van der Waals surface area contributed by atoms with Crippen LogP contribution in [-0.4, -0.2) is 12.1 Å². The van der Waals surface area contributed by atoms with E-state index in [4.69, 9.17) is 27.9 Å². The van der Waals surface area contributed by atoms with Gasteiger partial charge in [-0.1, -0.05) is 23.2 Å². The van der Waals surface area contributed by atoms with Gasteiger partial charge in [0.15, 0.2) is 0 Å². The highest BCUT2D eigenvalue weighted by Gasteiger charge is 2.04. The quantitative estimate of drug-likeness (QED) is 0.745. The van der Waals surface area contributed by atoms with Crippen LogP contribution in [0, 0.1) is 6.07 Å². The van der Waals surface area contributed by atoms with Crippen molar-refractivity contribution in [1.29, 1.82) is 0 Å². The average Bonchev–Trinajstić information content (AvgIpc) is 2.16. The molecule has 0 aliphatic carbocycles. The van der Waals surface area contributed by atoms with E-state index in [1.807, 2.05) is 0 Å². The van der Waals surface area contributed by atoms with Gasteiger partial charge >= 0.3 is 0 Å². The van der Waals surface area contributed by atoms with Crippen LogP contribution in [0.3, 0.4) is 0 Å². The summed E-state index contributed by atoms with van der Waals surface area (Å²) in [6, 6.07) is 8.01. The number of aromatic nitrogens is 1. The number of benzene rings is 1. The second-order valence-electron chi connectivity index (χ2n) is 2.73. The number of pyridine rings is 1. The summed E-state index contributed by atoms with van der Waals surface area (Å²) in [5.41, 5.74) is 0.707. The Morgan fingerprint density at radius 3 is 2.86 bits per heavy atom. The molecule has 4 heteroatoms. The molecule has 14 heavy (non-hydrogen) atoms. The van der Waals surface area contributed by atoms with Crippen molar-refractivity contribution >= 4 is 34.1 Å². The van der Waals surface area contributed by atoms with E-state index >= 15 is 0 Å². The molecular weight excluding hydrogens is 221 g/mol. The highest BCUT2D eigenvalue weighted by Crippen LogP contribution is 2.27. The van der Waals surface area contributed by atoms with E-state index in [1.165, 1.54) is 7.11 Å². The van der Waals surface area contributed by atoms with Crippen molar-refractivity contribution < 1.29 is 4.74 Å². The lowest BCUT2D eigenvalue weighted by Crippen LogP contribution is -1.88. The minimum Gasteiger partial charge on any atom is -0.481 e. The van der Waals surface area contributed by atoms with Gasteiger partial charge in [-0.3, -0.25) is 0 Å². The van der Waals surface area contributed by atoms with Crippen LogP contribution >= 0.6 is 23.2 Å². The monoisotopic (exact) mass is 226 g/mol. The molecule has 1 radical (unpaired) electrons. The van der Waals surface area contributed by atoms with Gasteiger partial charge in [0.2, 0.25) is 5.88 Å². The second-order valence-corrected chi connectivity index (χ2v) is 3.57. The molecule has 1 aromatic carbocycles. The summed E-state index contributed by atoms with van der Waals surface area (Å²) < 4.78 is 4.95. The van der Waals surface area contributed by atoms with Gasteiger partial charge in [0.1, 0.15) is 0 Å². The summed E-state index contributed by atoms with van der Waals surface area (Å²) in [6.07, 6.45) is 0. The first-order valence-electron chi connectivity index (χ1n) is 3.92. The fourth-order valence-electron chi connectivity index (χ4n) is 1.19. The fourth-order valence-corrected chi connectivity index (χ4v) is 1.72. The largest absolute Gasteiger partial charge is 0.481 e. The van der Waals surface area contributed by atoms with E-state index in [1.54, 1.807) is 18.2 Å². The number of hydrogen-bond acceptors (Lipinski definition) is 2. The van der Waals surface area contributed by atoms with Gasteiger partial charge in [-0.2, -0.15) is 0 Å². The molecule has 0 aliphatic heterocycles. The molecule has 0 N–H and O–H groups in total. The molecule has 0 atom stereocenters. The van der Waals surface area contributed by atoms with Gasteiger partial charge in [0, 0.05) is 10.4 Å². The van der Waals surface area contributed by atoms with E-state index in [0.717, 1.165) is 5.39 Å². The zero-order valence-electron chi connectivity index (χ0n) is 7.34. The smallest absolute Gasteiger partial charge is 0.221 e. The van der Waals surface area contributed by atoms with Crippen LogP contribution in [0.25, 0.3) is 10.9 Å². The topological polar surface area (TPSA) is 22.1 Å². The molecule has 0 aliphatic rings. The minimum absolute atomic E-state index is 0.427. The summed E-state index contributed by atoms with van der Waals surface area (Å²) in [6.45, 7) is 0. The zero-order chi connectivity index (χ0) is 10.1. The van der Waals surface area contributed by atoms with Crippen molar-refractivity contribution in [1.82, 2.24) is 4.98 Å². The Labute approximate surface area is 91.4 Å². The number of hydrogen-bond donors (Lipinski definition) is 0. The van der Waals surface area contributed by atoms with Crippen LogP contribution in [0.5, 0.6) is 5.88 Å². The first-order valence-corrected chi connectivity index (χ1v) is 4.68. The first kappa shape index (κ1) is 9.56. The average molecular weight is 227 g/mol. The molecule has 0 fully saturated rings. The number of ether oxygens (including phenoxy) is 1. The van der Waals surface area contributed by atoms with E-state index < -0.39 is 0 Å². The van der Waals surface area contributed by atoms with Gasteiger partial charge in [0.05, 0.1) is 23.7 Å². The van der Waals surface area contributed by atoms with Gasteiger partial charge in [0.25, 0.3) is 0 Å². The lowest BCUT2D eigenvalue weighted by molar-refractivity contribution is 0.398. The predicted molar refractivity (Wildman–Crippen MR) is 57.2 cm³/mol. The molecule has 2 aromatic rings. The van der Waals surface area contributed by atoms with Crippen molar-refractivity contribution in [3.05, 3.63) is 34.3 Å². The Balaban J connectivity index is 2.75. The van der Waals surface area contributed by atoms with Crippen molar-refractivity contribution in [2.24, 2.45) is 0 Å². The SMILES string of the molecule is COc1[c]cc2c(Cl)cc(Cl)cc2n1. The maximum absolute atomic E-state index is 5.97. The van der Waals surface area contributed by atoms with Crippen LogP contribution in [0.1, 0.15) is 0 Å². The van der Waals surface area contributed by atoms with Gasteiger partial charge in [-0.25, -0.2) is 4.98 Å². The van der Waals surface area contributed by atoms with Gasteiger partial charge in [-0.15, -0.1) is 0 Å². The molecule has 0 saturated heterocycles. The second kappa shape index (κ2) is 3.64. The molecule has 2 rings (SSSR count). The van der Waals surface area contributed by atoms with E-state index in [9.17, 15) is 0 Å². The van der Waals surface area contributed by atoms with E-state index in [2.05, 4.69) is 11.1 Å². The number of fused-ring (bicyclic) bond motifs is 1. The summed E-state index contributed by atoms with van der Waals surface area (Å²) in [5.74, 6) is 0.427. The van der Waals surface area contributed by atoms with Crippen LogP contribution in [-0.2, 0) is 0 Å². The summed E-state index contributed by atoms with van der Waals surface area (Å²) >= 11 is 11.8. The minimum atomic E-state index is 0.427. The molecule has 0 unspecified atom stereocenters. The molecule has 71 valence electrons. The molecule has 0 bridgehead atoms. The third kappa shape index (κ3) is 1.63.